The van der Waals surface area contributed by atoms with Crippen LogP contribution in [0, 0.1) is 0 Å². The van der Waals surface area contributed by atoms with Crippen molar-refractivity contribution in [2.45, 2.75) is 45.6 Å². The summed E-state index contributed by atoms with van der Waals surface area (Å²) in [5.74, 6) is 2.06. The number of rotatable bonds is 8. The van der Waals surface area contributed by atoms with E-state index in [0.717, 1.165) is 41.1 Å². The van der Waals surface area contributed by atoms with Gasteiger partial charge in [0.1, 0.15) is 18.2 Å². The summed E-state index contributed by atoms with van der Waals surface area (Å²) in [6.07, 6.45) is 2.39. The Morgan fingerprint density at radius 1 is 0.941 bits per heavy atom. The number of anilines is 1. The molecular weight excluding hydrogens is 422 g/mol. The quantitative estimate of drug-likeness (QED) is 0.341. The summed E-state index contributed by atoms with van der Waals surface area (Å²) in [6, 6.07) is 24.7. The van der Waals surface area contributed by atoms with E-state index >= 15 is 0 Å². The number of imidazole rings is 1. The van der Waals surface area contributed by atoms with Gasteiger partial charge in [0.25, 0.3) is 0 Å². The Balaban J connectivity index is 1.39. The zero-order chi connectivity index (χ0) is 23.5. The van der Waals surface area contributed by atoms with Crippen molar-refractivity contribution in [1.82, 2.24) is 9.55 Å². The molecule has 34 heavy (non-hydrogen) atoms. The van der Waals surface area contributed by atoms with Gasteiger partial charge in [0.05, 0.1) is 17.6 Å². The van der Waals surface area contributed by atoms with Gasteiger partial charge in [-0.25, -0.2) is 4.98 Å². The number of carbonyl (C=O) groups is 1. The lowest BCUT2D eigenvalue weighted by Gasteiger charge is -2.20. The van der Waals surface area contributed by atoms with Crippen molar-refractivity contribution in [3.8, 4) is 5.75 Å². The summed E-state index contributed by atoms with van der Waals surface area (Å²) in [5.41, 5.74) is 5.58. The lowest BCUT2D eigenvalue weighted by molar-refractivity contribution is -0.117. The van der Waals surface area contributed by atoms with Crippen LogP contribution in [0.3, 0.4) is 0 Å². The highest BCUT2D eigenvalue weighted by atomic mass is 16.5. The number of aryl methyl sites for hydroxylation is 2. The number of benzene rings is 3. The predicted octanol–water partition coefficient (Wildman–Crippen LogP) is 5.76. The second-order valence-electron chi connectivity index (χ2n) is 8.84. The first kappa shape index (κ1) is 22.2. The summed E-state index contributed by atoms with van der Waals surface area (Å²) in [6.45, 7) is 6.16. The van der Waals surface area contributed by atoms with E-state index in [4.69, 9.17) is 9.72 Å². The van der Waals surface area contributed by atoms with E-state index in [9.17, 15) is 4.79 Å². The first-order valence-electron chi connectivity index (χ1n) is 12.2. The maximum absolute atomic E-state index is 13.1. The van der Waals surface area contributed by atoms with Crippen LogP contribution in [-0.2, 0) is 24.2 Å². The summed E-state index contributed by atoms with van der Waals surface area (Å²) in [5, 5.41) is 0. The monoisotopic (exact) mass is 453 g/mol. The number of carbonyl (C=O) groups excluding carboxylic acids is 1. The van der Waals surface area contributed by atoms with Crippen LogP contribution in [0.5, 0.6) is 5.75 Å². The van der Waals surface area contributed by atoms with Crippen LogP contribution in [0.15, 0.2) is 72.8 Å². The minimum atomic E-state index is 0.0497. The molecule has 0 N–H and O–H groups in total. The number of nitrogens with zero attached hydrogens (tertiary/aromatic N) is 3. The van der Waals surface area contributed by atoms with Gasteiger partial charge in [0.2, 0.25) is 5.91 Å². The summed E-state index contributed by atoms with van der Waals surface area (Å²) < 4.78 is 8.30. The molecular formula is C29H31N3O2. The molecule has 1 atom stereocenters. The van der Waals surface area contributed by atoms with E-state index in [1.165, 1.54) is 11.1 Å². The van der Waals surface area contributed by atoms with Crippen molar-refractivity contribution >= 4 is 22.6 Å². The molecule has 1 aliphatic heterocycles. The Labute approximate surface area is 201 Å². The van der Waals surface area contributed by atoms with E-state index in [0.29, 0.717) is 26.1 Å². The third-order valence-corrected chi connectivity index (χ3v) is 6.75. The molecule has 0 saturated carbocycles. The van der Waals surface area contributed by atoms with E-state index in [-0.39, 0.29) is 11.8 Å². The van der Waals surface area contributed by atoms with Gasteiger partial charge >= 0.3 is 0 Å². The van der Waals surface area contributed by atoms with Crippen LogP contribution in [0.4, 0.5) is 5.69 Å². The highest BCUT2D eigenvalue weighted by Gasteiger charge is 2.35. The third-order valence-electron chi connectivity index (χ3n) is 6.75. The molecule has 3 aromatic carbocycles. The van der Waals surface area contributed by atoms with Gasteiger partial charge in [0.15, 0.2) is 0 Å². The van der Waals surface area contributed by atoms with Gasteiger partial charge in [0, 0.05) is 24.6 Å². The maximum Gasteiger partial charge on any atom is 0.227 e. The van der Waals surface area contributed by atoms with Gasteiger partial charge in [-0.2, -0.15) is 0 Å². The van der Waals surface area contributed by atoms with Crippen LogP contribution in [-0.4, -0.2) is 28.6 Å². The number of hydrogen-bond donors (Lipinski definition) is 0. The molecule has 0 unspecified atom stereocenters. The Morgan fingerprint density at radius 3 is 2.50 bits per heavy atom. The minimum absolute atomic E-state index is 0.0497. The number of fused-ring (bicyclic) bond motifs is 1. The summed E-state index contributed by atoms with van der Waals surface area (Å²) in [7, 11) is 0. The maximum atomic E-state index is 13.1. The molecule has 1 fully saturated rings. The lowest BCUT2D eigenvalue weighted by Crippen LogP contribution is -2.25. The first-order chi connectivity index (χ1) is 16.7. The number of amides is 1. The molecule has 1 amide bonds. The Hall–Kier alpha value is -3.60. The van der Waals surface area contributed by atoms with Gasteiger partial charge in [-0.3, -0.25) is 4.79 Å². The largest absolute Gasteiger partial charge is 0.492 e. The van der Waals surface area contributed by atoms with Crippen molar-refractivity contribution < 1.29 is 9.53 Å². The van der Waals surface area contributed by atoms with Crippen molar-refractivity contribution in [3.63, 3.8) is 0 Å². The van der Waals surface area contributed by atoms with Crippen molar-refractivity contribution in [1.29, 1.82) is 0 Å². The lowest BCUT2D eigenvalue weighted by atomic mass is 10.1. The van der Waals surface area contributed by atoms with Gasteiger partial charge in [-0.1, -0.05) is 56.3 Å². The molecule has 5 rings (SSSR count). The SMILES string of the molecule is CCc1ccc(OCCn2c([C@H]3CC(=O)N(c4ccccc4CC)C3)nc3ccccc32)cc1. The number of hydrogen-bond acceptors (Lipinski definition) is 3. The van der Waals surface area contributed by atoms with E-state index in [2.05, 4.69) is 48.7 Å². The normalized spacial score (nSPS) is 15.9. The molecule has 1 saturated heterocycles. The smallest absolute Gasteiger partial charge is 0.227 e. The molecule has 1 aromatic heterocycles. The zero-order valence-corrected chi connectivity index (χ0v) is 19.9. The highest BCUT2D eigenvalue weighted by Crippen LogP contribution is 2.34. The fourth-order valence-corrected chi connectivity index (χ4v) is 4.90. The molecule has 174 valence electrons. The van der Waals surface area contributed by atoms with Crippen LogP contribution >= 0.6 is 0 Å². The number of aromatic nitrogens is 2. The molecule has 1 aliphatic rings. The van der Waals surface area contributed by atoms with Gasteiger partial charge < -0.3 is 14.2 Å². The molecule has 2 heterocycles. The van der Waals surface area contributed by atoms with Gasteiger partial charge in [-0.05, 0) is 54.3 Å². The molecule has 0 bridgehead atoms. The molecule has 5 heteroatoms. The highest BCUT2D eigenvalue weighted by molar-refractivity contribution is 5.97. The predicted molar refractivity (Wildman–Crippen MR) is 137 cm³/mol. The van der Waals surface area contributed by atoms with Crippen molar-refractivity contribution in [2.75, 3.05) is 18.1 Å². The van der Waals surface area contributed by atoms with Crippen LogP contribution in [0.1, 0.15) is 43.1 Å². The summed E-state index contributed by atoms with van der Waals surface area (Å²) >= 11 is 0. The minimum Gasteiger partial charge on any atom is -0.492 e. The molecule has 5 nitrogen and oxygen atoms in total. The van der Waals surface area contributed by atoms with Crippen molar-refractivity contribution in [3.05, 3.63) is 89.7 Å². The van der Waals surface area contributed by atoms with Crippen molar-refractivity contribution in [2.24, 2.45) is 0 Å². The van der Waals surface area contributed by atoms with Crippen LogP contribution in [0.25, 0.3) is 11.0 Å². The first-order valence-corrected chi connectivity index (χ1v) is 12.2. The summed E-state index contributed by atoms with van der Waals surface area (Å²) in [4.78, 5) is 20.0. The topological polar surface area (TPSA) is 47.4 Å². The Morgan fingerprint density at radius 2 is 1.71 bits per heavy atom. The second kappa shape index (κ2) is 9.72. The van der Waals surface area contributed by atoms with Crippen LogP contribution in [0.2, 0.25) is 0 Å². The molecule has 0 radical (unpaired) electrons. The Kier molecular flexibility index (Phi) is 6.35. The molecule has 0 aliphatic carbocycles. The standard InChI is InChI=1S/C29H31N3O2/c1-3-21-13-15-24(16-14-21)34-18-17-31-27-12-8-6-10-25(27)30-29(31)23-19-28(33)32(20-23)26-11-7-5-9-22(26)4-2/h5-16,23H,3-4,17-20H2,1-2H3/t23-/m0/s1. The average molecular weight is 454 g/mol. The molecule has 0 spiro atoms. The average Bonchev–Trinajstić information content (AvgIpc) is 3.45. The fraction of sp³-hybridized carbons (Fsp3) is 0.310. The number of para-hydroxylation sites is 3. The molecule has 4 aromatic rings. The second-order valence-corrected chi connectivity index (χ2v) is 8.84. The van der Waals surface area contributed by atoms with E-state index in [1.54, 1.807) is 0 Å². The Bertz CT molecular complexity index is 1290. The zero-order valence-electron chi connectivity index (χ0n) is 19.9. The van der Waals surface area contributed by atoms with Crippen LogP contribution < -0.4 is 9.64 Å². The fourth-order valence-electron chi connectivity index (χ4n) is 4.90. The van der Waals surface area contributed by atoms with E-state index < -0.39 is 0 Å². The number of ether oxygens (including phenoxy) is 1. The third kappa shape index (κ3) is 4.30. The van der Waals surface area contributed by atoms with Gasteiger partial charge in [-0.15, -0.1) is 0 Å². The van der Waals surface area contributed by atoms with E-state index in [1.807, 2.05) is 47.4 Å².